The number of aliphatic imine (C=N–C) groups is 1. The highest BCUT2D eigenvalue weighted by atomic mass is 19.1. The van der Waals surface area contributed by atoms with E-state index in [4.69, 9.17) is 5.11 Å². The molecule has 3 heteroatoms. The lowest BCUT2D eigenvalue weighted by atomic mass is 10.1. The van der Waals surface area contributed by atoms with Gasteiger partial charge in [-0.2, -0.15) is 0 Å². The molecule has 1 N–H and O–H groups in total. The molecule has 0 heterocycles. The molecule has 0 amide bonds. The Hall–Kier alpha value is -1.74. The molecule has 0 aromatic heterocycles. The molecule has 1 aliphatic carbocycles. The van der Waals surface area contributed by atoms with Gasteiger partial charge in [0.25, 0.3) is 0 Å². The molecule has 0 saturated carbocycles. The number of aliphatic hydroxyl groups excluding tert-OH is 1. The van der Waals surface area contributed by atoms with Gasteiger partial charge in [0, 0.05) is 19.7 Å². The molecule has 0 aromatic rings. The molecule has 0 aromatic carbocycles. The Labute approximate surface area is 102 Å². The van der Waals surface area contributed by atoms with Gasteiger partial charge < -0.3 is 5.11 Å². The zero-order valence-electron chi connectivity index (χ0n) is 10.2. The van der Waals surface area contributed by atoms with Crippen LogP contribution in [0.15, 0.2) is 65.6 Å². The largest absolute Gasteiger partial charge is 0.400 e. The van der Waals surface area contributed by atoms with Crippen molar-refractivity contribution < 1.29 is 9.50 Å². The summed E-state index contributed by atoms with van der Waals surface area (Å²) in [7, 11) is 1.00. The first-order chi connectivity index (χ1) is 8.27. The standard InChI is InChI=1S/C13H14FN.CH4O/c1-3-10-15-13(4-2)11-6-5-7-12(14)9-8-11;1-2/h3-6,8-10H,2,7H2,1H3;2H,1H3/b10-3-,15-13?;. The van der Waals surface area contributed by atoms with Crippen molar-refractivity contribution in [1.29, 1.82) is 0 Å². The highest BCUT2D eigenvalue weighted by Gasteiger charge is 2.01. The van der Waals surface area contributed by atoms with E-state index in [1.165, 1.54) is 6.08 Å². The van der Waals surface area contributed by atoms with Gasteiger partial charge in [0.1, 0.15) is 5.83 Å². The van der Waals surface area contributed by atoms with Gasteiger partial charge in [0.15, 0.2) is 0 Å². The van der Waals surface area contributed by atoms with Gasteiger partial charge in [0.2, 0.25) is 0 Å². The molecule has 0 aliphatic heterocycles. The maximum atomic E-state index is 12.9. The molecule has 92 valence electrons. The molecular formula is C14H18FNO. The molecular weight excluding hydrogens is 217 g/mol. The van der Waals surface area contributed by atoms with Crippen molar-refractivity contribution in [2.75, 3.05) is 7.11 Å². The second-order valence-corrected chi connectivity index (χ2v) is 3.04. The van der Waals surface area contributed by atoms with Crippen LogP contribution < -0.4 is 0 Å². The Morgan fingerprint density at radius 2 is 2.18 bits per heavy atom. The van der Waals surface area contributed by atoms with Crippen LogP contribution in [0.3, 0.4) is 0 Å². The molecule has 2 nitrogen and oxygen atoms in total. The van der Waals surface area contributed by atoms with Crippen molar-refractivity contribution >= 4 is 5.71 Å². The maximum Gasteiger partial charge on any atom is 0.104 e. The summed E-state index contributed by atoms with van der Waals surface area (Å²) < 4.78 is 12.9. The van der Waals surface area contributed by atoms with E-state index in [1.54, 1.807) is 24.4 Å². The topological polar surface area (TPSA) is 32.6 Å². The molecule has 0 unspecified atom stereocenters. The van der Waals surface area contributed by atoms with E-state index in [0.29, 0.717) is 6.42 Å². The lowest BCUT2D eigenvalue weighted by molar-refractivity contribution is 0.399. The molecule has 1 rings (SSSR count). The Morgan fingerprint density at radius 3 is 2.76 bits per heavy atom. The molecule has 0 fully saturated rings. The summed E-state index contributed by atoms with van der Waals surface area (Å²) in [6.07, 6.45) is 12.3. The van der Waals surface area contributed by atoms with Crippen LogP contribution in [-0.2, 0) is 0 Å². The van der Waals surface area contributed by atoms with Crippen molar-refractivity contribution in [1.82, 2.24) is 0 Å². The summed E-state index contributed by atoms with van der Waals surface area (Å²) in [6.45, 7) is 5.57. The fourth-order valence-electron chi connectivity index (χ4n) is 1.17. The molecule has 0 radical (unpaired) electrons. The van der Waals surface area contributed by atoms with Crippen molar-refractivity contribution in [3.05, 3.63) is 60.6 Å². The fourth-order valence-corrected chi connectivity index (χ4v) is 1.17. The summed E-state index contributed by atoms with van der Waals surface area (Å²) in [4.78, 5) is 4.20. The smallest absolute Gasteiger partial charge is 0.104 e. The van der Waals surface area contributed by atoms with E-state index in [-0.39, 0.29) is 5.83 Å². The number of halogens is 1. The number of rotatable bonds is 3. The van der Waals surface area contributed by atoms with Crippen LogP contribution >= 0.6 is 0 Å². The van der Waals surface area contributed by atoms with Gasteiger partial charge in [-0.15, -0.1) is 0 Å². The summed E-state index contributed by atoms with van der Waals surface area (Å²) in [5.41, 5.74) is 1.62. The number of hydrogen-bond donors (Lipinski definition) is 1. The van der Waals surface area contributed by atoms with E-state index in [1.807, 2.05) is 19.1 Å². The highest BCUT2D eigenvalue weighted by molar-refractivity contribution is 6.10. The van der Waals surface area contributed by atoms with Crippen molar-refractivity contribution in [2.24, 2.45) is 4.99 Å². The van der Waals surface area contributed by atoms with Crippen molar-refractivity contribution in [2.45, 2.75) is 13.3 Å². The third kappa shape index (κ3) is 5.78. The first-order valence-electron chi connectivity index (χ1n) is 5.27. The number of allylic oxidation sites excluding steroid dienone is 8. The lowest BCUT2D eigenvalue weighted by Crippen LogP contribution is -1.94. The van der Waals surface area contributed by atoms with Crippen LogP contribution in [0.4, 0.5) is 4.39 Å². The summed E-state index contributed by atoms with van der Waals surface area (Å²) >= 11 is 0. The Morgan fingerprint density at radius 1 is 1.47 bits per heavy atom. The lowest BCUT2D eigenvalue weighted by Gasteiger charge is -1.98. The predicted molar refractivity (Wildman–Crippen MR) is 71.6 cm³/mol. The Balaban J connectivity index is 0.00000121. The minimum absolute atomic E-state index is 0.143. The summed E-state index contributed by atoms with van der Waals surface area (Å²) in [5.74, 6) is -0.143. The third-order valence-electron chi connectivity index (χ3n) is 1.91. The number of aliphatic hydroxyl groups is 1. The predicted octanol–water partition coefficient (Wildman–Crippen LogP) is 3.50. The summed E-state index contributed by atoms with van der Waals surface area (Å²) in [6, 6.07) is 0. The van der Waals surface area contributed by atoms with Crippen LogP contribution in [0.5, 0.6) is 0 Å². The van der Waals surface area contributed by atoms with E-state index >= 15 is 0 Å². The SMILES string of the molecule is C=CC(=N/C=C\C)C1=CC=C(F)CC=C1.CO. The molecule has 1 aliphatic rings. The second-order valence-electron chi connectivity index (χ2n) is 3.04. The average molecular weight is 235 g/mol. The van der Waals surface area contributed by atoms with E-state index in [2.05, 4.69) is 11.6 Å². The van der Waals surface area contributed by atoms with Gasteiger partial charge in [-0.05, 0) is 24.6 Å². The van der Waals surface area contributed by atoms with Crippen LogP contribution in [0, 0.1) is 0 Å². The van der Waals surface area contributed by atoms with Crippen LogP contribution in [0.1, 0.15) is 13.3 Å². The quantitative estimate of drug-likeness (QED) is 0.746. The minimum Gasteiger partial charge on any atom is -0.400 e. The van der Waals surface area contributed by atoms with Gasteiger partial charge in [-0.1, -0.05) is 30.9 Å². The van der Waals surface area contributed by atoms with E-state index < -0.39 is 0 Å². The fraction of sp³-hybridized carbons (Fsp3) is 0.214. The Kier molecular flexibility index (Phi) is 8.51. The maximum absolute atomic E-state index is 12.9. The molecule has 0 spiro atoms. The molecule has 0 saturated heterocycles. The van der Waals surface area contributed by atoms with Gasteiger partial charge in [0.05, 0.1) is 5.71 Å². The number of hydrogen-bond acceptors (Lipinski definition) is 2. The number of nitrogens with zero attached hydrogens (tertiary/aromatic N) is 1. The first-order valence-corrected chi connectivity index (χ1v) is 5.27. The normalized spacial score (nSPS) is 15.6. The van der Waals surface area contributed by atoms with Crippen LogP contribution in [0.2, 0.25) is 0 Å². The van der Waals surface area contributed by atoms with Crippen molar-refractivity contribution in [3.8, 4) is 0 Å². The molecule has 17 heavy (non-hydrogen) atoms. The van der Waals surface area contributed by atoms with Crippen LogP contribution in [-0.4, -0.2) is 17.9 Å². The molecule has 0 bridgehead atoms. The van der Waals surface area contributed by atoms with Crippen molar-refractivity contribution in [3.63, 3.8) is 0 Å². The summed E-state index contributed by atoms with van der Waals surface area (Å²) in [5, 5.41) is 7.00. The monoisotopic (exact) mass is 235 g/mol. The average Bonchev–Trinajstić information content (AvgIpc) is 2.58. The van der Waals surface area contributed by atoms with Gasteiger partial charge in [-0.3, -0.25) is 4.99 Å². The third-order valence-corrected chi connectivity index (χ3v) is 1.91. The zero-order chi connectivity index (χ0) is 13.1. The Bertz CT molecular complexity index is 387. The minimum atomic E-state index is -0.143. The van der Waals surface area contributed by atoms with E-state index in [9.17, 15) is 4.39 Å². The van der Waals surface area contributed by atoms with E-state index in [0.717, 1.165) is 18.4 Å². The highest BCUT2D eigenvalue weighted by Crippen LogP contribution is 2.13. The first kappa shape index (κ1) is 15.3. The second kappa shape index (κ2) is 9.48. The van der Waals surface area contributed by atoms with Gasteiger partial charge >= 0.3 is 0 Å². The van der Waals surface area contributed by atoms with Gasteiger partial charge in [-0.25, -0.2) is 4.39 Å². The molecule has 0 atom stereocenters. The van der Waals surface area contributed by atoms with Crippen LogP contribution in [0.25, 0.3) is 0 Å². The zero-order valence-corrected chi connectivity index (χ0v) is 10.2.